The second kappa shape index (κ2) is 8.57. The van der Waals surface area contributed by atoms with Gasteiger partial charge in [-0.3, -0.25) is 0 Å². The molecule has 1 aromatic carbocycles. The van der Waals surface area contributed by atoms with E-state index in [1.54, 1.807) is 19.1 Å². The van der Waals surface area contributed by atoms with Crippen LogP contribution < -0.4 is 0 Å². The van der Waals surface area contributed by atoms with Gasteiger partial charge in [0.1, 0.15) is 22.7 Å². The Kier molecular flexibility index (Phi) is 6.74. The predicted molar refractivity (Wildman–Crippen MR) is 99.0 cm³/mol. The van der Waals surface area contributed by atoms with E-state index in [9.17, 15) is 9.90 Å². The van der Waals surface area contributed by atoms with Crippen molar-refractivity contribution >= 4 is 39.5 Å². The SMILES string of the molecule is CCCCCCCCOC(=O)c1c(C)oc2cc(I)c(O)cc12. The highest BCUT2D eigenvalue weighted by Crippen LogP contribution is 2.32. The molecule has 0 aliphatic heterocycles. The van der Waals surface area contributed by atoms with Gasteiger partial charge in [-0.05, 0) is 48.1 Å². The van der Waals surface area contributed by atoms with Crippen LogP contribution in [0.4, 0.5) is 0 Å². The van der Waals surface area contributed by atoms with E-state index < -0.39 is 0 Å². The van der Waals surface area contributed by atoms with Gasteiger partial charge in [-0.25, -0.2) is 4.79 Å². The Morgan fingerprint density at radius 2 is 1.91 bits per heavy atom. The van der Waals surface area contributed by atoms with Crippen LogP contribution >= 0.6 is 22.6 Å². The average Bonchev–Trinajstić information content (AvgIpc) is 2.82. The van der Waals surface area contributed by atoms with Crippen LogP contribution in [0.1, 0.15) is 61.6 Å². The number of phenols is 1. The fourth-order valence-electron chi connectivity index (χ4n) is 2.60. The summed E-state index contributed by atoms with van der Waals surface area (Å²) < 4.78 is 11.7. The first-order valence-corrected chi connectivity index (χ1v) is 9.21. The van der Waals surface area contributed by atoms with Gasteiger partial charge in [0.15, 0.2) is 0 Å². The van der Waals surface area contributed by atoms with E-state index in [0.717, 1.165) is 12.8 Å². The van der Waals surface area contributed by atoms with Crippen molar-refractivity contribution in [3.8, 4) is 5.75 Å². The molecule has 0 bridgehead atoms. The second-order valence-electron chi connectivity index (χ2n) is 5.74. The summed E-state index contributed by atoms with van der Waals surface area (Å²) in [5.74, 6) is 0.286. The molecule has 0 aliphatic carbocycles. The summed E-state index contributed by atoms with van der Waals surface area (Å²) in [5, 5.41) is 10.5. The van der Waals surface area contributed by atoms with Crippen molar-refractivity contribution in [2.75, 3.05) is 6.61 Å². The number of hydrogen-bond acceptors (Lipinski definition) is 4. The molecule has 1 heterocycles. The summed E-state index contributed by atoms with van der Waals surface area (Å²) in [5.41, 5.74) is 1.01. The van der Waals surface area contributed by atoms with Gasteiger partial charge in [0.25, 0.3) is 0 Å². The molecule has 0 spiro atoms. The van der Waals surface area contributed by atoms with Crippen LogP contribution in [-0.2, 0) is 4.74 Å². The highest BCUT2D eigenvalue weighted by atomic mass is 127. The highest BCUT2D eigenvalue weighted by Gasteiger charge is 2.20. The molecule has 1 aromatic heterocycles. The summed E-state index contributed by atoms with van der Waals surface area (Å²) in [4.78, 5) is 12.3. The van der Waals surface area contributed by atoms with Crippen LogP contribution in [-0.4, -0.2) is 17.7 Å². The lowest BCUT2D eigenvalue weighted by Crippen LogP contribution is -2.07. The van der Waals surface area contributed by atoms with Crippen LogP contribution in [0.5, 0.6) is 5.75 Å². The molecule has 0 amide bonds. The molecule has 0 radical (unpaired) electrons. The quantitative estimate of drug-likeness (QED) is 0.338. The first kappa shape index (κ1) is 18.1. The lowest BCUT2D eigenvalue weighted by Gasteiger charge is -2.05. The fraction of sp³-hybridized carbons (Fsp3) is 0.500. The molecule has 0 atom stereocenters. The van der Waals surface area contributed by atoms with E-state index in [4.69, 9.17) is 9.15 Å². The number of carbonyl (C=O) groups is 1. The number of ether oxygens (including phenoxy) is 1. The normalized spacial score (nSPS) is 11.1. The van der Waals surface area contributed by atoms with Crippen molar-refractivity contribution in [1.82, 2.24) is 0 Å². The van der Waals surface area contributed by atoms with Crippen molar-refractivity contribution in [2.45, 2.75) is 52.4 Å². The Morgan fingerprint density at radius 3 is 2.65 bits per heavy atom. The van der Waals surface area contributed by atoms with Crippen LogP contribution in [0.25, 0.3) is 11.0 Å². The Hall–Kier alpha value is -1.24. The molecule has 23 heavy (non-hydrogen) atoms. The maximum absolute atomic E-state index is 12.3. The van der Waals surface area contributed by atoms with Gasteiger partial charge in [0.05, 0.1) is 10.2 Å². The zero-order valence-electron chi connectivity index (χ0n) is 13.7. The minimum atomic E-state index is -0.379. The Morgan fingerprint density at radius 1 is 1.22 bits per heavy atom. The number of aryl methyl sites for hydroxylation is 1. The number of benzene rings is 1. The lowest BCUT2D eigenvalue weighted by molar-refractivity contribution is 0.0497. The van der Waals surface area contributed by atoms with Crippen molar-refractivity contribution < 1.29 is 19.1 Å². The molecule has 126 valence electrons. The number of fused-ring (bicyclic) bond motifs is 1. The fourth-order valence-corrected chi connectivity index (χ4v) is 3.04. The third-order valence-electron chi connectivity index (χ3n) is 3.87. The van der Waals surface area contributed by atoms with Crippen molar-refractivity contribution in [2.24, 2.45) is 0 Å². The number of aromatic hydroxyl groups is 1. The molecule has 1 N–H and O–H groups in total. The van der Waals surface area contributed by atoms with E-state index in [1.165, 1.54) is 25.7 Å². The third kappa shape index (κ3) is 4.62. The topological polar surface area (TPSA) is 59.7 Å². The summed E-state index contributed by atoms with van der Waals surface area (Å²) >= 11 is 2.03. The smallest absolute Gasteiger partial charge is 0.342 e. The molecular formula is C18H23IO4. The van der Waals surface area contributed by atoms with E-state index in [-0.39, 0.29) is 11.7 Å². The van der Waals surface area contributed by atoms with Gasteiger partial charge in [0, 0.05) is 5.39 Å². The zero-order valence-corrected chi connectivity index (χ0v) is 15.8. The van der Waals surface area contributed by atoms with Gasteiger partial charge in [-0.2, -0.15) is 0 Å². The standard InChI is InChI=1S/C18H23IO4/c1-3-4-5-6-7-8-9-22-18(21)17-12(2)23-16-11-14(19)15(20)10-13(16)17/h10-11,20H,3-9H2,1-2H3. The largest absolute Gasteiger partial charge is 0.507 e. The second-order valence-corrected chi connectivity index (χ2v) is 6.90. The van der Waals surface area contributed by atoms with Gasteiger partial charge in [0.2, 0.25) is 0 Å². The molecule has 2 rings (SSSR count). The average molecular weight is 430 g/mol. The predicted octanol–water partition coefficient (Wildman–Crippen LogP) is 5.57. The number of furan rings is 1. The van der Waals surface area contributed by atoms with E-state index in [1.807, 2.05) is 22.6 Å². The van der Waals surface area contributed by atoms with E-state index >= 15 is 0 Å². The van der Waals surface area contributed by atoms with Crippen LogP contribution in [0.2, 0.25) is 0 Å². The minimum Gasteiger partial charge on any atom is -0.507 e. The highest BCUT2D eigenvalue weighted by molar-refractivity contribution is 14.1. The number of carbonyl (C=O) groups excluding carboxylic acids is 1. The summed E-state index contributed by atoms with van der Waals surface area (Å²) in [7, 11) is 0. The Labute approximate surface area is 150 Å². The summed E-state index contributed by atoms with van der Waals surface area (Å²) in [6.07, 6.45) is 6.89. The van der Waals surface area contributed by atoms with Crippen LogP contribution in [0, 0.1) is 10.5 Å². The molecule has 0 fully saturated rings. The maximum atomic E-state index is 12.3. The summed E-state index contributed by atoms with van der Waals surface area (Å²) in [6, 6.07) is 3.29. The van der Waals surface area contributed by atoms with Gasteiger partial charge >= 0.3 is 5.97 Å². The van der Waals surface area contributed by atoms with Crippen LogP contribution in [0.3, 0.4) is 0 Å². The van der Waals surface area contributed by atoms with Crippen LogP contribution in [0.15, 0.2) is 16.5 Å². The van der Waals surface area contributed by atoms with Crippen molar-refractivity contribution in [3.63, 3.8) is 0 Å². The number of halogens is 1. The minimum absolute atomic E-state index is 0.142. The Balaban J connectivity index is 1.96. The molecular weight excluding hydrogens is 407 g/mol. The maximum Gasteiger partial charge on any atom is 0.342 e. The zero-order chi connectivity index (χ0) is 16.8. The molecule has 0 unspecified atom stereocenters. The van der Waals surface area contributed by atoms with Crippen molar-refractivity contribution in [1.29, 1.82) is 0 Å². The molecule has 5 heteroatoms. The number of rotatable bonds is 8. The molecule has 2 aromatic rings. The number of esters is 1. The Bertz CT molecular complexity index is 675. The van der Waals surface area contributed by atoms with Crippen molar-refractivity contribution in [3.05, 3.63) is 27.0 Å². The lowest BCUT2D eigenvalue weighted by atomic mass is 10.1. The molecule has 0 saturated heterocycles. The number of unbranched alkanes of at least 4 members (excludes halogenated alkanes) is 5. The molecule has 0 saturated carbocycles. The monoisotopic (exact) mass is 430 g/mol. The molecule has 0 aliphatic rings. The van der Waals surface area contributed by atoms with E-state index in [0.29, 0.717) is 32.5 Å². The summed E-state index contributed by atoms with van der Waals surface area (Å²) in [6.45, 7) is 4.36. The van der Waals surface area contributed by atoms with Gasteiger partial charge < -0.3 is 14.3 Å². The first-order chi connectivity index (χ1) is 11.0. The number of phenolic OH excluding ortho intramolecular Hbond substituents is 1. The van der Waals surface area contributed by atoms with Gasteiger partial charge in [-0.1, -0.05) is 39.0 Å². The van der Waals surface area contributed by atoms with Gasteiger partial charge in [-0.15, -0.1) is 0 Å². The molecule has 4 nitrogen and oxygen atoms in total. The number of hydrogen-bond donors (Lipinski definition) is 1. The van der Waals surface area contributed by atoms with E-state index in [2.05, 4.69) is 6.92 Å². The first-order valence-electron chi connectivity index (χ1n) is 8.13. The third-order valence-corrected chi connectivity index (χ3v) is 4.73.